The van der Waals surface area contributed by atoms with Crippen LogP contribution in [0, 0.1) is 13.8 Å². The highest BCUT2D eigenvalue weighted by atomic mass is 16.2. The molecule has 3 nitrogen and oxygen atoms in total. The Bertz CT molecular complexity index is 412. The van der Waals surface area contributed by atoms with Crippen molar-refractivity contribution in [2.45, 2.75) is 39.5 Å². The Kier molecular flexibility index (Phi) is 3.55. The third kappa shape index (κ3) is 2.38. The fourth-order valence-corrected chi connectivity index (χ4v) is 2.52. The molecular formula is C14H22N2O. The van der Waals surface area contributed by atoms with Crippen molar-refractivity contribution >= 4 is 5.91 Å². The minimum Gasteiger partial charge on any atom is -0.351 e. The average molecular weight is 234 g/mol. The normalized spacial score (nSPS) is 17.0. The van der Waals surface area contributed by atoms with E-state index < -0.39 is 0 Å². The molecule has 2 heterocycles. The summed E-state index contributed by atoms with van der Waals surface area (Å²) in [4.78, 5) is 14.5. The summed E-state index contributed by atoms with van der Waals surface area (Å²) in [7, 11) is 2.02. The predicted octanol–water partition coefficient (Wildman–Crippen LogP) is 2.66. The van der Waals surface area contributed by atoms with Gasteiger partial charge in [-0.3, -0.25) is 4.79 Å². The number of hydrogen-bond donors (Lipinski definition) is 0. The van der Waals surface area contributed by atoms with Gasteiger partial charge in [-0.05, 0) is 32.8 Å². The first kappa shape index (κ1) is 12.2. The van der Waals surface area contributed by atoms with Crippen LogP contribution in [0.1, 0.15) is 47.4 Å². The zero-order chi connectivity index (χ0) is 12.4. The van der Waals surface area contributed by atoms with Crippen LogP contribution in [0.25, 0.3) is 0 Å². The lowest BCUT2D eigenvalue weighted by atomic mass is 10.2. The Hall–Kier alpha value is -1.25. The predicted molar refractivity (Wildman–Crippen MR) is 69.3 cm³/mol. The molecule has 0 aromatic carbocycles. The Labute approximate surface area is 103 Å². The summed E-state index contributed by atoms with van der Waals surface area (Å²) in [6.07, 6.45) is 4.82. The molecule has 1 fully saturated rings. The molecular weight excluding hydrogens is 212 g/mol. The van der Waals surface area contributed by atoms with Crippen LogP contribution >= 0.6 is 0 Å². The molecule has 1 amide bonds. The van der Waals surface area contributed by atoms with Gasteiger partial charge in [0.05, 0.1) is 5.56 Å². The second-order valence-electron chi connectivity index (χ2n) is 5.05. The molecule has 0 N–H and O–H groups in total. The van der Waals surface area contributed by atoms with Crippen LogP contribution in [0.5, 0.6) is 0 Å². The highest BCUT2D eigenvalue weighted by molar-refractivity contribution is 5.95. The van der Waals surface area contributed by atoms with E-state index in [1.165, 1.54) is 12.8 Å². The van der Waals surface area contributed by atoms with Crippen LogP contribution in [0.4, 0.5) is 0 Å². The maximum Gasteiger partial charge on any atom is 0.255 e. The quantitative estimate of drug-likeness (QED) is 0.733. The molecule has 0 saturated carbocycles. The lowest BCUT2D eigenvalue weighted by molar-refractivity contribution is 0.0761. The van der Waals surface area contributed by atoms with E-state index in [4.69, 9.17) is 0 Å². The summed E-state index contributed by atoms with van der Waals surface area (Å²) >= 11 is 0. The van der Waals surface area contributed by atoms with Gasteiger partial charge in [-0.25, -0.2) is 0 Å². The van der Waals surface area contributed by atoms with E-state index >= 15 is 0 Å². The van der Waals surface area contributed by atoms with Crippen molar-refractivity contribution in [2.75, 3.05) is 13.1 Å². The van der Waals surface area contributed by atoms with Gasteiger partial charge in [0.15, 0.2) is 0 Å². The number of aromatic nitrogens is 1. The molecule has 3 heteroatoms. The Morgan fingerprint density at radius 3 is 2.18 bits per heavy atom. The van der Waals surface area contributed by atoms with Crippen LogP contribution in [0.2, 0.25) is 0 Å². The van der Waals surface area contributed by atoms with Crippen LogP contribution < -0.4 is 0 Å². The van der Waals surface area contributed by atoms with Crippen molar-refractivity contribution in [3.05, 3.63) is 23.0 Å². The van der Waals surface area contributed by atoms with Gasteiger partial charge < -0.3 is 9.47 Å². The van der Waals surface area contributed by atoms with Crippen molar-refractivity contribution in [2.24, 2.45) is 7.05 Å². The summed E-state index contributed by atoms with van der Waals surface area (Å²) in [6.45, 7) is 5.92. The summed E-state index contributed by atoms with van der Waals surface area (Å²) in [5, 5.41) is 0. The number of amides is 1. The van der Waals surface area contributed by atoms with Gasteiger partial charge >= 0.3 is 0 Å². The van der Waals surface area contributed by atoms with E-state index in [-0.39, 0.29) is 5.91 Å². The van der Waals surface area contributed by atoms with Gasteiger partial charge in [-0.15, -0.1) is 0 Å². The second kappa shape index (κ2) is 4.94. The van der Waals surface area contributed by atoms with Gasteiger partial charge in [0.2, 0.25) is 0 Å². The molecule has 1 saturated heterocycles. The van der Waals surface area contributed by atoms with Crippen LogP contribution in [-0.4, -0.2) is 28.5 Å². The van der Waals surface area contributed by atoms with E-state index in [0.29, 0.717) is 0 Å². The summed E-state index contributed by atoms with van der Waals surface area (Å²) in [5.41, 5.74) is 3.12. The molecule has 2 rings (SSSR count). The van der Waals surface area contributed by atoms with Gasteiger partial charge in [0.1, 0.15) is 0 Å². The second-order valence-corrected chi connectivity index (χ2v) is 5.05. The number of likely N-dealkylation sites (tertiary alicyclic amines) is 1. The highest BCUT2D eigenvalue weighted by Gasteiger charge is 2.21. The van der Waals surface area contributed by atoms with Crippen molar-refractivity contribution in [1.29, 1.82) is 0 Å². The lowest BCUT2D eigenvalue weighted by Gasteiger charge is -2.20. The van der Waals surface area contributed by atoms with E-state index in [2.05, 4.69) is 4.57 Å². The molecule has 0 unspecified atom stereocenters. The van der Waals surface area contributed by atoms with Gasteiger partial charge in [-0.1, -0.05) is 12.8 Å². The number of carbonyl (C=O) groups excluding carboxylic acids is 1. The number of aryl methyl sites for hydroxylation is 1. The number of hydrogen-bond acceptors (Lipinski definition) is 1. The molecule has 0 radical (unpaired) electrons. The zero-order valence-electron chi connectivity index (χ0n) is 11.1. The Morgan fingerprint density at radius 1 is 1.12 bits per heavy atom. The first-order valence-electron chi connectivity index (χ1n) is 6.53. The summed E-state index contributed by atoms with van der Waals surface area (Å²) in [5.74, 6) is 0.216. The minimum atomic E-state index is 0.216. The molecule has 94 valence electrons. The molecule has 0 bridgehead atoms. The fourth-order valence-electron chi connectivity index (χ4n) is 2.52. The topological polar surface area (TPSA) is 25.2 Å². The molecule has 0 aliphatic carbocycles. The number of nitrogens with zero attached hydrogens (tertiary/aromatic N) is 2. The summed E-state index contributed by atoms with van der Waals surface area (Å²) < 4.78 is 2.09. The number of carbonyl (C=O) groups is 1. The molecule has 0 spiro atoms. The standard InChI is InChI=1S/C14H22N2O/c1-11-10-13(12(2)15(11)3)14(17)16-8-6-4-5-7-9-16/h10H,4-9H2,1-3H3. The first-order valence-corrected chi connectivity index (χ1v) is 6.53. The third-order valence-corrected chi connectivity index (χ3v) is 3.90. The van der Waals surface area contributed by atoms with Gasteiger partial charge in [0, 0.05) is 31.5 Å². The molecule has 1 aliphatic heterocycles. The molecule has 1 aromatic rings. The highest BCUT2D eigenvalue weighted by Crippen LogP contribution is 2.18. The van der Waals surface area contributed by atoms with E-state index in [1.807, 2.05) is 31.9 Å². The third-order valence-electron chi connectivity index (χ3n) is 3.90. The monoisotopic (exact) mass is 234 g/mol. The van der Waals surface area contributed by atoms with Crippen molar-refractivity contribution in [3.63, 3.8) is 0 Å². The van der Waals surface area contributed by atoms with E-state index in [1.54, 1.807) is 0 Å². The maximum atomic E-state index is 12.5. The molecule has 0 atom stereocenters. The van der Waals surface area contributed by atoms with Crippen LogP contribution in [0.3, 0.4) is 0 Å². The maximum absolute atomic E-state index is 12.5. The Morgan fingerprint density at radius 2 is 1.71 bits per heavy atom. The molecule has 1 aliphatic rings. The SMILES string of the molecule is Cc1cc(C(=O)N2CCCCCC2)c(C)n1C. The lowest BCUT2D eigenvalue weighted by Crippen LogP contribution is -2.32. The smallest absolute Gasteiger partial charge is 0.255 e. The largest absolute Gasteiger partial charge is 0.351 e. The number of rotatable bonds is 1. The zero-order valence-corrected chi connectivity index (χ0v) is 11.1. The summed E-state index contributed by atoms with van der Waals surface area (Å²) in [6, 6.07) is 2.02. The van der Waals surface area contributed by atoms with Gasteiger partial charge in [-0.2, -0.15) is 0 Å². The van der Waals surface area contributed by atoms with Crippen LogP contribution in [-0.2, 0) is 7.05 Å². The average Bonchev–Trinajstić information content (AvgIpc) is 2.57. The minimum absolute atomic E-state index is 0.216. The van der Waals surface area contributed by atoms with Gasteiger partial charge in [0.25, 0.3) is 5.91 Å². The van der Waals surface area contributed by atoms with E-state index in [9.17, 15) is 4.79 Å². The van der Waals surface area contributed by atoms with Crippen LogP contribution in [0.15, 0.2) is 6.07 Å². The van der Waals surface area contributed by atoms with Crippen molar-refractivity contribution in [1.82, 2.24) is 9.47 Å². The fraction of sp³-hybridized carbons (Fsp3) is 0.643. The molecule has 17 heavy (non-hydrogen) atoms. The van der Waals surface area contributed by atoms with E-state index in [0.717, 1.165) is 42.9 Å². The Balaban J connectivity index is 2.20. The van der Waals surface area contributed by atoms with Crippen molar-refractivity contribution < 1.29 is 4.79 Å². The first-order chi connectivity index (χ1) is 8.11. The molecule has 1 aromatic heterocycles. The van der Waals surface area contributed by atoms with Crippen molar-refractivity contribution in [3.8, 4) is 0 Å².